The van der Waals surface area contributed by atoms with E-state index in [1.165, 1.54) is 0 Å². The van der Waals surface area contributed by atoms with Crippen molar-refractivity contribution >= 4 is 67.7 Å². The van der Waals surface area contributed by atoms with Gasteiger partial charge in [-0.2, -0.15) is 0 Å². The van der Waals surface area contributed by atoms with Crippen LogP contribution in [0.2, 0.25) is 0 Å². The van der Waals surface area contributed by atoms with Crippen LogP contribution >= 0.6 is 0 Å². The molecule has 0 unspecified atom stereocenters. The van der Waals surface area contributed by atoms with Gasteiger partial charge in [-0.1, -0.05) is 0 Å². The van der Waals surface area contributed by atoms with Gasteiger partial charge in [0.25, 0.3) is 0 Å². The molecular formula is H7BaF4LiZr. The molecule has 0 rings (SSSR count). The van der Waals surface area contributed by atoms with Crippen LogP contribution in [0.25, 0.3) is 0 Å². The summed E-state index contributed by atoms with van der Waals surface area (Å²) in [5.41, 5.74) is 0. The van der Waals surface area contributed by atoms with E-state index in [-0.39, 0.29) is 113 Å². The Morgan fingerprint density at radius 2 is 0.571 bits per heavy atom. The number of hydrogen-bond donors (Lipinski definition) is 0. The predicted octanol–water partition coefficient (Wildman–Crippen LogP) is -0.957. The molecule has 0 atom stereocenters. The Bertz CT molecular complexity index is 11.7. The van der Waals surface area contributed by atoms with E-state index in [1.807, 2.05) is 0 Å². The second-order valence-electron chi connectivity index (χ2n) is 0. The summed E-state index contributed by atoms with van der Waals surface area (Å²) < 4.78 is 0. The molecule has 0 radical (unpaired) electrons. The molecule has 0 N–H and O–H groups in total. The Morgan fingerprint density at radius 3 is 0.571 bits per heavy atom. The van der Waals surface area contributed by atoms with E-state index >= 15 is 0 Å². The summed E-state index contributed by atoms with van der Waals surface area (Å²) in [6.45, 7) is 0. The summed E-state index contributed by atoms with van der Waals surface area (Å²) in [5, 5.41) is 0. The average Bonchev–Trinajstić information content (AvgIpc) is 0. The van der Waals surface area contributed by atoms with Crippen molar-refractivity contribution in [3.8, 4) is 0 Å². The number of rotatable bonds is 0. The summed E-state index contributed by atoms with van der Waals surface area (Å²) in [5.74, 6) is 0. The summed E-state index contributed by atoms with van der Waals surface area (Å²) in [7, 11) is 0. The zero-order chi connectivity index (χ0) is 0. The molecule has 0 aliphatic carbocycles. The van der Waals surface area contributed by atoms with Crippen LogP contribution in [0.5, 0.6) is 0 Å². The third-order valence-corrected chi connectivity index (χ3v) is 0. The monoisotopic (exact) mass is 318 g/mol. The SMILES string of the molecule is F.F.F.F.[BaH2].[LiH].[Zr]. The van der Waals surface area contributed by atoms with Gasteiger partial charge in [-0.05, 0) is 0 Å². The van der Waals surface area contributed by atoms with E-state index in [1.54, 1.807) is 0 Å². The minimum absolute atomic E-state index is 0. The van der Waals surface area contributed by atoms with Gasteiger partial charge in [-0.15, -0.1) is 0 Å². The molecular weight excluding hydrogens is 311 g/mol. The molecule has 0 aromatic carbocycles. The van der Waals surface area contributed by atoms with Crippen LogP contribution in [-0.2, 0) is 26.2 Å². The topological polar surface area (TPSA) is 0 Å². The van der Waals surface area contributed by atoms with Crippen LogP contribution in [0.3, 0.4) is 0 Å². The Labute approximate surface area is 110 Å². The van der Waals surface area contributed by atoms with Gasteiger partial charge in [0.1, 0.15) is 0 Å². The van der Waals surface area contributed by atoms with Gasteiger partial charge >= 0.3 is 67.7 Å². The normalized spacial score (nSPS) is 0. The fourth-order valence-electron chi connectivity index (χ4n) is 0. The zero-order valence-corrected chi connectivity index (χ0v) is 4.59. The largest absolute Gasteiger partial charge is 0 e. The van der Waals surface area contributed by atoms with Gasteiger partial charge in [0.05, 0.1) is 0 Å². The van der Waals surface area contributed by atoms with Gasteiger partial charge in [-0.3, -0.25) is 18.8 Å². The van der Waals surface area contributed by atoms with E-state index < -0.39 is 0 Å². The van der Waals surface area contributed by atoms with Crippen LogP contribution in [-0.4, -0.2) is 67.7 Å². The molecule has 0 nitrogen and oxygen atoms in total. The molecule has 0 saturated carbocycles. The Hall–Kier alpha value is 2.77. The van der Waals surface area contributed by atoms with Gasteiger partial charge in [-0.25, -0.2) is 0 Å². The molecule has 0 amide bonds. The second-order valence-corrected chi connectivity index (χ2v) is 0. The Morgan fingerprint density at radius 1 is 0.571 bits per heavy atom. The number of hydrogen-bond acceptors (Lipinski definition) is 0. The third-order valence-electron chi connectivity index (χ3n) is 0. The molecule has 7 heavy (non-hydrogen) atoms. The molecule has 0 fully saturated rings. The fraction of sp³-hybridized carbons (Fsp3) is 0. The van der Waals surface area contributed by atoms with Crippen molar-refractivity contribution in [1.82, 2.24) is 0 Å². The van der Waals surface area contributed by atoms with Crippen molar-refractivity contribution in [3.05, 3.63) is 0 Å². The molecule has 0 aromatic rings. The molecule has 7 heteroatoms. The molecule has 0 aliphatic rings. The van der Waals surface area contributed by atoms with Crippen molar-refractivity contribution in [2.75, 3.05) is 0 Å². The van der Waals surface area contributed by atoms with Gasteiger partial charge in [0.15, 0.2) is 0 Å². The zero-order valence-electron chi connectivity index (χ0n) is 2.13. The third kappa shape index (κ3) is 52.4. The summed E-state index contributed by atoms with van der Waals surface area (Å²) in [6.07, 6.45) is 0. The minimum atomic E-state index is 0. The van der Waals surface area contributed by atoms with Crippen LogP contribution in [0.4, 0.5) is 18.8 Å². The van der Waals surface area contributed by atoms with Gasteiger partial charge < -0.3 is 0 Å². The van der Waals surface area contributed by atoms with Crippen molar-refractivity contribution in [2.45, 2.75) is 0 Å². The molecule has 0 saturated heterocycles. The molecule has 0 aromatic heterocycles. The summed E-state index contributed by atoms with van der Waals surface area (Å²) in [6, 6.07) is 0. The van der Waals surface area contributed by atoms with E-state index in [0.717, 1.165) is 0 Å². The first-order valence-electron chi connectivity index (χ1n) is 0. The molecule has 42 valence electrons. The standard InChI is InChI=1S/Ba.4FH.Li.Zr.3H/h;4*1H;;;;;. The second kappa shape index (κ2) is 69.0. The molecule has 0 bridgehead atoms. The van der Waals surface area contributed by atoms with Gasteiger partial charge in [0.2, 0.25) is 0 Å². The first-order chi connectivity index (χ1) is 0. The molecule has 0 heterocycles. The fourth-order valence-corrected chi connectivity index (χ4v) is 0. The van der Waals surface area contributed by atoms with Crippen molar-refractivity contribution < 1.29 is 45.0 Å². The quantitative estimate of drug-likeness (QED) is 0.399. The summed E-state index contributed by atoms with van der Waals surface area (Å²) in [4.78, 5) is 0. The Kier molecular flexibility index (Phi) is 964. The van der Waals surface area contributed by atoms with E-state index in [2.05, 4.69) is 0 Å². The number of halogens is 4. The van der Waals surface area contributed by atoms with Crippen LogP contribution < -0.4 is 0 Å². The first kappa shape index (κ1) is 97.9. The van der Waals surface area contributed by atoms with E-state index in [9.17, 15) is 0 Å². The maximum Gasteiger partial charge on any atom is 0 e. The predicted molar refractivity (Wildman–Crippen MR) is 25.7 cm³/mol. The van der Waals surface area contributed by atoms with Crippen LogP contribution in [0.1, 0.15) is 0 Å². The molecule has 0 spiro atoms. The van der Waals surface area contributed by atoms with E-state index in [0.29, 0.717) is 0 Å². The maximum atomic E-state index is 0. The first-order valence-corrected chi connectivity index (χ1v) is 0. The molecule has 0 aliphatic heterocycles. The van der Waals surface area contributed by atoms with Crippen molar-refractivity contribution in [2.24, 2.45) is 0 Å². The van der Waals surface area contributed by atoms with Crippen LogP contribution in [0.15, 0.2) is 0 Å². The van der Waals surface area contributed by atoms with Gasteiger partial charge in [0, 0.05) is 26.2 Å². The smallest absolute Gasteiger partial charge is 0 e. The van der Waals surface area contributed by atoms with E-state index in [4.69, 9.17) is 0 Å². The van der Waals surface area contributed by atoms with Crippen molar-refractivity contribution in [1.29, 1.82) is 0 Å². The van der Waals surface area contributed by atoms with Crippen molar-refractivity contribution in [3.63, 3.8) is 0 Å². The van der Waals surface area contributed by atoms with Crippen LogP contribution in [0, 0.1) is 0 Å². The average molecular weight is 319 g/mol. The minimum Gasteiger partial charge on any atom is 0 e. The summed E-state index contributed by atoms with van der Waals surface area (Å²) >= 11 is 0. The Balaban J connectivity index is 0. The maximum absolute atomic E-state index is 0.